The Morgan fingerprint density at radius 1 is 1.14 bits per heavy atom. The zero-order valence-electron chi connectivity index (χ0n) is 13.4. The number of ether oxygens (including phenoxy) is 1. The van der Waals surface area contributed by atoms with Gasteiger partial charge in [-0.25, -0.2) is 4.31 Å². The first-order valence-electron chi connectivity index (χ1n) is 6.00. The maximum Gasteiger partial charge on any atom is 0.290 e. The summed E-state index contributed by atoms with van der Waals surface area (Å²) in [4.78, 5) is 19.1. The van der Waals surface area contributed by atoms with Gasteiger partial charge < -0.3 is 14.1 Å². The van der Waals surface area contributed by atoms with Crippen molar-refractivity contribution in [3.05, 3.63) is 29.3 Å². The zero-order valence-corrected chi connectivity index (χ0v) is 14.2. The van der Waals surface area contributed by atoms with Gasteiger partial charge in [-0.1, -0.05) is 0 Å². The van der Waals surface area contributed by atoms with Crippen LogP contribution in [0.3, 0.4) is 0 Å². The number of hydrogen-bond donors (Lipinski definition) is 1. The number of aryl methyl sites for hydroxylation is 1. The van der Waals surface area contributed by atoms with Crippen LogP contribution in [0.2, 0.25) is 0 Å². The van der Waals surface area contributed by atoms with E-state index in [1.165, 1.54) is 0 Å². The number of benzene rings is 1. The van der Waals surface area contributed by atoms with Gasteiger partial charge >= 0.3 is 0 Å². The molecule has 0 atom stereocenters. The number of carbonyl (C=O) groups excluding carboxylic acids is 1. The number of nitrogens with zero attached hydrogens (tertiary/aromatic N) is 2. The molecule has 6 nitrogen and oxygen atoms in total. The SMILES string of the molecule is COC.Cc1cc(C=O)cc(N(C)SN(C)C)c1.O=CO. The van der Waals surface area contributed by atoms with E-state index in [2.05, 4.69) is 10.8 Å². The molecule has 0 unspecified atom stereocenters. The Bertz CT molecular complexity index is 414. The van der Waals surface area contributed by atoms with Gasteiger partial charge in [0.1, 0.15) is 6.29 Å². The van der Waals surface area contributed by atoms with Gasteiger partial charge in [0.05, 0.1) is 0 Å². The summed E-state index contributed by atoms with van der Waals surface area (Å²) in [6.07, 6.45) is 0.880. The Morgan fingerprint density at radius 2 is 1.62 bits per heavy atom. The van der Waals surface area contributed by atoms with Crippen LogP contribution in [0.5, 0.6) is 0 Å². The van der Waals surface area contributed by atoms with Gasteiger partial charge in [-0.05, 0) is 44.8 Å². The van der Waals surface area contributed by atoms with Crippen molar-refractivity contribution in [1.82, 2.24) is 4.31 Å². The number of carboxylic acid groups (broad SMARTS) is 1. The minimum Gasteiger partial charge on any atom is -0.483 e. The summed E-state index contributed by atoms with van der Waals surface area (Å²) < 4.78 is 8.28. The fourth-order valence-corrected chi connectivity index (χ4v) is 2.02. The van der Waals surface area contributed by atoms with Crippen LogP contribution in [0.4, 0.5) is 5.69 Å². The molecule has 0 heterocycles. The van der Waals surface area contributed by atoms with Crippen molar-refractivity contribution in [2.75, 3.05) is 39.7 Å². The molecule has 120 valence electrons. The first-order chi connectivity index (χ1) is 9.85. The number of methoxy groups -OCH3 is 1. The van der Waals surface area contributed by atoms with E-state index in [1.807, 2.05) is 48.8 Å². The maximum atomic E-state index is 10.7. The van der Waals surface area contributed by atoms with Crippen molar-refractivity contribution in [1.29, 1.82) is 0 Å². The van der Waals surface area contributed by atoms with Gasteiger partial charge in [-0.15, -0.1) is 0 Å². The van der Waals surface area contributed by atoms with Crippen LogP contribution in [0.25, 0.3) is 0 Å². The van der Waals surface area contributed by atoms with E-state index in [4.69, 9.17) is 9.90 Å². The van der Waals surface area contributed by atoms with Gasteiger partial charge in [0.15, 0.2) is 0 Å². The molecular weight excluding hydrogens is 292 g/mol. The van der Waals surface area contributed by atoms with E-state index >= 15 is 0 Å². The molecule has 7 heteroatoms. The summed E-state index contributed by atoms with van der Waals surface area (Å²) in [5.74, 6) is 0. The summed E-state index contributed by atoms with van der Waals surface area (Å²) in [6.45, 7) is 1.74. The van der Waals surface area contributed by atoms with E-state index in [1.54, 1.807) is 26.4 Å². The first-order valence-corrected chi connectivity index (χ1v) is 6.73. The summed E-state index contributed by atoms with van der Waals surface area (Å²) in [5.41, 5.74) is 2.85. The molecule has 0 aliphatic rings. The van der Waals surface area contributed by atoms with E-state index in [9.17, 15) is 4.79 Å². The topological polar surface area (TPSA) is 70.1 Å². The third-order valence-electron chi connectivity index (χ3n) is 1.87. The third-order valence-corrected chi connectivity index (χ3v) is 2.65. The molecule has 0 radical (unpaired) electrons. The van der Waals surface area contributed by atoms with Gasteiger partial charge in [-0.3, -0.25) is 9.59 Å². The Balaban J connectivity index is 0. The molecule has 0 spiro atoms. The number of rotatable bonds is 4. The fraction of sp³-hybridized carbons (Fsp3) is 0.429. The monoisotopic (exact) mass is 316 g/mol. The zero-order chi connectivity index (χ0) is 16.8. The predicted octanol–water partition coefficient (Wildman–Crippen LogP) is 2.33. The van der Waals surface area contributed by atoms with Crippen molar-refractivity contribution < 1.29 is 19.4 Å². The molecule has 0 fully saturated rings. The Labute approximate surface area is 131 Å². The minimum atomic E-state index is -0.250. The van der Waals surface area contributed by atoms with Crippen LogP contribution < -0.4 is 4.31 Å². The first kappa shape index (κ1) is 21.7. The van der Waals surface area contributed by atoms with E-state index in [0.717, 1.165) is 23.1 Å². The lowest BCUT2D eigenvalue weighted by molar-refractivity contribution is -0.122. The van der Waals surface area contributed by atoms with Crippen LogP contribution >= 0.6 is 12.1 Å². The maximum absolute atomic E-state index is 10.7. The molecule has 1 aromatic rings. The second kappa shape index (κ2) is 13.4. The quantitative estimate of drug-likeness (QED) is 0.675. The number of hydrogen-bond acceptors (Lipinski definition) is 6. The molecule has 0 aliphatic heterocycles. The molecule has 0 saturated carbocycles. The number of anilines is 1. The Morgan fingerprint density at radius 3 is 2.00 bits per heavy atom. The molecular formula is C14H24N2O4S. The lowest BCUT2D eigenvalue weighted by Gasteiger charge is -2.21. The van der Waals surface area contributed by atoms with Crippen LogP contribution in [0.15, 0.2) is 18.2 Å². The van der Waals surface area contributed by atoms with Gasteiger partial charge in [0, 0.05) is 44.7 Å². The van der Waals surface area contributed by atoms with Gasteiger partial charge in [0.2, 0.25) is 0 Å². The van der Waals surface area contributed by atoms with Crippen molar-refractivity contribution in [2.24, 2.45) is 0 Å². The smallest absolute Gasteiger partial charge is 0.290 e. The molecule has 0 aliphatic carbocycles. The molecule has 0 amide bonds. The van der Waals surface area contributed by atoms with Crippen molar-refractivity contribution >= 4 is 30.6 Å². The van der Waals surface area contributed by atoms with E-state index in [-0.39, 0.29) is 6.47 Å². The lowest BCUT2D eigenvalue weighted by Crippen LogP contribution is -2.15. The molecule has 1 rings (SSSR count). The van der Waals surface area contributed by atoms with Gasteiger partial charge in [0.25, 0.3) is 6.47 Å². The van der Waals surface area contributed by atoms with Crippen LogP contribution in [0, 0.1) is 6.92 Å². The second-order valence-electron chi connectivity index (χ2n) is 4.12. The third kappa shape index (κ3) is 11.9. The van der Waals surface area contributed by atoms with Crippen LogP contribution in [-0.4, -0.2) is 57.5 Å². The summed E-state index contributed by atoms with van der Waals surface area (Å²) in [7, 11) is 9.20. The Kier molecular flexibility index (Phi) is 13.9. The minimum absolute atomic E-state index is 0.250. The molecule has 0 bridgehead atoms. The largest absolute Gasteiger partial charge is 0.483 e. The standard InChI is InChI=1S/C11H16N2OS.C2H6O.CH2O2/c1-9-5-10(8-14)7-11(6-9)13(4)15-12(2)3;1-3-2;2-1-3/h5-8H,1-4H3;1-2H3;1H,(H,2,3). The number of carbonyl (C=O) groups is 2. The average molecular weight is 316 g/mol. The highest BCUT2D eigenvalue weighted by molar-refractivity contribution is 7.98. The van der Waals surface area contributed by atoms with Crippen LogP contribution in [0.1, 0.15) is 15.9 Å². The highest BCUT2D eigenvalue weighted by atomic mass is 32.2. The number of aldehydes is 1. The van der Waals surface area contributed by atoms with Crippen molar-refractivity contribution in [2.45, 2.75) is 6.92 Å². The van der Waals surface area contributed by atoms with Crippen molar-refractivity contribution in [3.8, 4) is 0 Å². The highest BCUT2D eigenvalue weighted by Crippen LogP contribution is 2.23. The van der Waals surface area contributed by atoms with E-state index in [0.29, 0.717) is 0 Å². The van der Waals surface area contributed by atoms with Crippen molar-refractivity contribution in [3.63, 3.8) is 0 Å². The normalized spacial score (nSPS) is 8.90. The molecule has 1 aromatic carbocycles. The second-order valence-corrected chi connectivity index (χ2v) is 5.57. The predicted molar refractivity (Wildman–Crippen MR) is 87.9 cm³/mol. The molecule has 0 saturated heterocycles. The summed E-state index contributed by atoms with van der Waals surface area (Å²) in [6, 6.07) is 5.82. The lowest BCUT2D eigenvalue weighted by atomic mass is 10.1. The summed E-state index contributed by atoms with van der Waals surface area (Å²) in [5, 5.41) is 6.89. The van der Waals surface area contributed by atoms with Gasteiger partial charge in [-0.2, -0.15) is 0 Å². The molecule has 1 N–H and O–H groups in total. The fourth-order valence-electron chi connectivity index (χ4n) is 1.33. The Hall–Kier alpha value is -1.57. The van der Waals surface area contributed by atoms with E-state index < -0.39 is 0 Å². The highest BCUT2D eigenvalue weighted by Gasteiger charge is 2.05. The molecule has 0 aromatic heterocycles. The summed E-state index contributed by atoms with van der Waals surface area (Å²) >= 11 is 1.59. The average Bonchev–Trinajstić information content (AvgIpc) is 2.39. The molecule has 21 heavy (non-hydrogen) atoms. The van der Waals surface area contributed by atoms with Crippen LogP contribution in [-0.2, 0) is 9.53 Å².